The highest BCUT2D eigenvalue weighted by atomic mass is 16.6. The standard InChI is InChI=1S/C16H20N4O3/c1-9(7-17)20-13-4-3-12(5-11(13)6-15(20)21)19-8-14(10(2)18)23-16(19)22/h3-5,9,14H,2,6-8,17-18H2,1H3/t9?,14-/m1/s1. The van der Waals surface area contributed by atoms with Gasteiger partial charge in [-0.15, -0.1) is 0 Å². The Morgan fingerprint density at radius 1 is 1.48 bits per heavy atom. The number of rotatable bonds is 4. The molecular formula is C16H20N4O3. The van der Waals surface area contributed by atoms with Gasteiger partial charge in [0.15, 0.2) is 6.10 Å². The van der Waals surface area contributed by atoms with Gasteiger partial charge in [-0.05, 0) is 30.7 Å². The van der Waals surface area contributed by atoms with Crippen LogP contribution in [-0.4, -0.2) is 37.2 Å². The lowest BCUT2D eigenvalue weighted by Gasteiger charge is -2.24. The van der Waals surface area contributed by atoms with E-state index in [1.807, 2.05) is 19.1 Å². The van der Waals surface area contributed by atoms with E-state index in [0.717, 1.165) is 11.3 Å². The van der Waals surface area contributed by atoms with Crippen LogP contribution in [0.5, 0.6) is 0 Å². The molecule has 1 aromatic rings. The predicted octanol–water partition coefficient (Wildman–Crippen LogP) is 0.720. The van der Waals surface area contributed by atoms with Gasteiger partial charge in [0.25, 0.3) is 0 Å². The van der Waals surface area contributed by atoms with Gasteiger partial charge in [-0.3, -0.25) is 9.69 Å². The molecule has 23 heavy (non-hydrogen) atoms. The first-order valence-electron chi connectivity index (χ1n) is 7.50. The van der Waals surface area contributed by atoms with Crippen molar-refractivity contribution in [1.82, 2.24) is 0 Å². The molecule has 0 radical (unpaired) electrons. The zero-order valence-electron chi connectivity index (χ0n) is 13.0. The second-order valence-corrected chi connectivity index (χ2v) is 5.90. The van der Waals surface area contributed by atoms with Crippen LogP contribution in [0, 0.1) is 0 Å². The second-order valence-electron chi connectivity index (χ2n) is 5.90. The number of hydrogen-bond acceptors (Lipinski definition) is 5. The number of carbonyl (C=O) groups excluding carboxylic acids is 2. The van der Waals surface area contributed by atoms with E-state index in [1.165, 1.54) is 4.90 Å². The molecule has 0 spiro atoms. The summed E-state index contributed by atoms with van der Waals surface area (Å²) in [4.78, 5) is 27.4. The predicted molar refractivity (Wildman–Crippen MR) is 87.1 cm³/mol. The van der Waals surface area contributed by atoms with Crippen molar-refractivity contribution in [2.45, 2.75) is 25.5 Å². The summed E-state index contributed by atoms with van der Waals surface area (Å²) >= 11 is 0. The van der Waals surface area contributed by atoms with E-state index in [4.69, 9.17) is 16.2 Å². The molecule has 0 aliphatic carbocycles. The average molecular weight is 316 g/mol. The van der Waals surface area contributed by atoms with Crippen molar-refractivity contribution in [3.63, 3.8) is 0 Å². The maximum Gasteiger partial charge on any atom is 0.415 e. The summed E-state index contributed by atoms with van der Waals surface area (Å²) in [6.07, 6.45) is -0.659. The van der Waals surface area contributed by atoms with Crippen molar-refractivity contribution in [3.8, 4) is 0 Å². The minimum Gasteiger partial charge on any atom is -0.438 e. The molecule has 7 nitrogen and oxygen atoms in total. The van der Waals surface area contributed by atoms with Gasteiger partial charge in [0.05, 0.1) is 13.0 Å². The lowest BCUT2D eigenvalue weighted by atomic mass is 10.1. The van der Waals surface area contributed by atoms with Crippen molar-refractivity contribution in [3.05, 3.63) is 36.0 Å². The molecule has 2 aliphatic rings. The molecule has 3 rings (SSSR count). The van der Waals surface area contributed by atoms with Crippen LogP contribution in [-0.2, 0) is 16.0 Å². The van der Waals surface area contributed by atoms with E-state index >= 15 is 0 Å². The maximum atomic E-state index is 12.2. The van der Waals surface area contributed by atoms with E-state index < -0.39 is 12.2 Å². The minimum absolute atomic E-state index is 0.0207. The van der Waals surface area contributed by atoms with Gasteiger partial charge in [-0.2, -0.15) is 0 Å². The Hall–Kier alpha value is -2.54. The highest BCUT2D eigenvalue weighted by Gasteiger charge is 2.35. The zero-order chi connectivity index (χ0) is 16.7. The summed E-state index contributed by atoms with van der Waals surface area (Å²) < 4.78 is 5.18. The Morgan fingerprint density at radius 2 is 2.22 bits per heavy atom. The molecule has 0 bridgehead atoms. The van der Waals surface area contributed by atoms with E-state index in [0.29, 0.717) is 30.9 Å². The number of benzene rings is 1. The highest BCUT2D eigenvalue weighted by molar-refractivity contribution is 6.03. The fraction of sp³-hybridized carbons (Fsp3) is 0.375. The number of amides is 2. The lowest BCUT2D eigenvalue weighted by Crippen LogP contribution is -2.40. The van der Waals surface area contributed by atoms with Gasteiger partial charge < -0.3 is 21.1 Å². The van der Waals surface area contributed by atoms with E-state index in [9.17, 15) is 9.59 Å². The smallest absolute Gasteiger partial charge is 0.415 e. The lowest BCUT2D eigenvalue weighted by molar-refractivity contribution is -0.117. The van der Waals surface area contributed by atoms with Crippen LogP contribution in [0.3, 0.4) is 0 Å². The summed E-state index contributed by atoms with van der Waals surface area (Å²) in [5.41, 5.74) is 14.0. The summed E-state index contributed by atoms with van der Waals surface area (Å²) in [6, 6.07) is 5.44. The first-order valence-corrected chi connectivity index (χ1v) is 7.50. The molecule has 2 heterocycles. The number of ether oxygens (including phenoxy) is 1. The van der Waals surface area contributed by atoms with Crippen molar-refractivity contribution >= 4 is 23.4 Å². The number of nitrogens with two attached hydrogens (primary N) is 2. The van der Waals surface area contributed by atoms with Crippen molar-refractivity contribution in [2.75, 3.05) is 22.9 Å². The monoisotopic (exact) mass is 316 g/mol. The van der Waals surface area contributed by atoms with E-state index in [-0.39, 0.29) is 11.9 Å². The summed E-state index contributed by atoms with van der Waals surface area (Å²) in [5, 5.41) is 0. The van der Waals surface area contributed by atoms with Gasteiger partial charge in [0.2, 0.25) is 5.91 Å². The van der Waals surface area contributed by atoms with Crippen LogP contribution in [0.2, 0.25) is 0 Å². The van der Waals surface area contributed by atoms with E-state index in [2.05, 4.69) is 6.58 Å². The Labute approximate surface area is 134 Å². The normalized spacial score (nSPS) is 21.4. The number of hydrogen-bond donors (Lipinski definition) is 2. The topological polar surface area (TPSA) is 102 Å². The largest absolute Gasteiger partial charge is 0.438 e. The number of cyclic esters (lactones) is 1. The first-order chi connectivity index (χ1) is 10.9. The fourth-order valence-electron chi connectivity index (χ4n) is 2.95. The third kappa shape index (κ3) is 2.53. The molecule has 1 unspecified atom stereocenters. The Kier molecular flexibility index (Phi) is 3.73. The third-order valence-corrected chi connectivity index (χ3v) is 4.25. The zero-order valence-corrected chi connectivity index (χ0v) is 13.0. The Balaban J connectivity index is 1.89. The Morgan fingerprint density at radius 3 is 2.83 bits per heavy atom. The SMILES string of the molecule is C=C(N)[C@H]1CN(c2ccc3c(c2)CC(=O)N3C(C)CN)C(=O)O1. The molecule has 1 fully saturated rings. The Bertz CT molecular complexity index is 688. The molecule has 122 valence electrons. The third-order valence-electron chi connectivity index (χ3n) is 4.25. The second kappa shape index (κ2) is 5.58. The van der Waals surface area contributed by atoms with Crippen LogP contribution >= 0.6 is 0 Å². The molecule has 7 heteroatoms. The fourth-order valence-corrected chi connectivity index (χ4v) is 2.95. The van der Waals surface area contributed by atoms with Gasteiger partial charge in [0, 0.05) is 29.7 Å². The van der Waals surface area contributed by atoms with Crippen molar-refractivity contribution in [1.29, 1.82) is 0 Å². The molecule has 4 N–H and O–H groups in total. The summed E-state index contributed by atoms with van der Waals surface area (Å²) in [6.45, 7) is 6.25. The van der Waals surface area contributed by atoms with Crippen LogP contribution < -0.4 is 21.3 Å². The van der Waals surface area contributed by atoms with Crippen molar-refractivity contribution < 1.29 is 14.3 Å². The number of fused-ring (bicyclic) bond motifs is 1. The maximum absolute atomic E-state index is 12.2. The molecular weight excluding hydrogens is 296 g/mol. The first kappa shape index (κ1) is 15.4. The average Bonchev–Trinajstić information content (AvgIpc) is 3.05. The molecule has 2 amide bonds. The number of carbonyl (C=O) groups is 2. The van der Waals surface area contributed by atoms with Gasteiger partial charge in [-0.25, -0.2) is 4.79 Å². The molecule has 1 saturated heterocycles. The van der Waals surface area contributed by atoms with Crippen LogP contribution in [0.25, 0.3) is 0 Å². The van der Waals surface area contributed by atoms with Crippen LogP contribution in [0.15, 0.2) is 30.5 Å². The van der Waals surface area contributed by atoms with Crippen LogP contribution in [0.4, 0.5) is 16.2 Å². The molecule has 0 saturated carbocycles. The molecule has 1 aromatic carbocycles. The van der Waals surface area contributed by atoms with Gasteiger partial charge in [-0.1, -0.05) is 6.58 Å². The molecule has 0 aromatic heterocycles. The van der Waals surface area contributed by atoms with Crippen LogP contribution in [0.1, 0.15) is 12.5 Å². The number of nitrogens with zero attached hydrogens (tertiary/aromatic N) is 2. The summed E-state index contributed by atoms with van der Waals surface area (Å²) in [7, 11) is 0. The minimum atomic E-state index is -0.508. The van der Waals surface area contributed by atoms with E-state index in [1.54, 1.807) is 11.0 Å². The number of anilines is 2. The summed E-state index contributed by atoms with van der Waals surface area (Å²) in [5.74, 6) is 0.0207. The van der Waals surface area contributed by atoms with Gasteiger partial charge in [0.1, 0.15) is 0 Å². The molecule has 2 atom stereocenters. The molecule has 2 aliphatic heterocycles. The van der Waals surface area contributed by atoms with Crippen molar-refractivity contribution in [2.24, 2.45) is 11.5 Å². The van der Waals surface area contributed by atoms with Gasteiger partial charge >= 0.3 is 6.09 Å². The highest BCUT2D eigenvalue weighted by Crippen LogP contribution is 2.35. The quantitative estimate of drug-likeness (QED) is 0.852.